The number of hydrogen-bond donors (Lipinski definition) is 2. The van der Waals surface area contributed by atoms with Gasteiger partial charge in [-0.2, -0.15) is 5.10 Å². The van der Waals surface area contributed by atoms with Crippen LogP contribution in [0.4, 0.5) is 11.6 Å². The predicted octanol–water partition coefficient (Wildman–Crippen LogP) is 5.46. The van der Waals surface area contributed by atoms with Crippen LogP contribution in [0.2, 0.25) is 0 Å². The predicted molar refractivity (Wildman–Crippen MR) is 177 cm³/mol. The molecule has 45 heavy (non-hydrogen) atoms. The summed E-state index contributed by atoms with van der Waals surface area (Å²) in [6.45, 7) is 2.09. The maximum absolute atomic E-state index is 13.4. The molecule has 1 fully saturated rings. The third-order valence-electron chi connectivity index (χ3n) is 7.97. The molecular weight excluding hydrogens is 564 g/mol. The van der Waals surface area contributed by atoms with Crippen molar-refractivity contribution in [2.24, 2.45) is 0 Å². The van der Waals surface area contributed by atoms with Gasteiger partial charge in [-0.15, -0.1) is 0 Å². The first-order chi connectivity index (χ1) is 21.9. The smallest absolute Gasteiger partial charge is 0.253 e. The van der Waals surface area contributed by atoms with E-state index in [1.165, 1.54) is 0 Å². The topological polar surface area (TPSA) is 108 Å². The van der Waals surface area contributed by atoms with E-state index in [1.807, 2.05) is 72.2 Å². The lowest BCUT2D eigenvalue weighted by Crippen LogP contribution is -2.45. The molecule has 230 valence electrons. The number of rotatable bonds is 10. The van der Waals surface area contributed by atoms with Gasteiger partial charge >= 0.3 is 0 Å². The Kier molecular flexibility index (Phi) is 9.11. The molecule has 0 aliphatic carbocycles. The molecule has 1 atom stereocenters. The van der Waals surface area contributed by atoms with Crippen molar-refractivity contribution in [2.45, 2.75) is 31.7 Å². The van der Waals surface area contributed by atoms with Gasteiger partial charge in [0, 0.05) is 54.8 Å². The number of aromatic nitrogens is 4. The number of carbonyl (C=O) groups is 2. The average molecular weight is 603 g/mol. The van der Waals surface area contributed by atoms with E-state index in [9.17, 15) is 9.59 Å². The highest BCUT2D eigenvalue weighted by Crippen LogP contribution is 2.34. The molecule has 2 N–H and O–H groups in total. The maximum atomic E-state index is 13.4. The van der Waals surface area contributed by atoms with Crippen LogP contribution in [-0.4, -0.2) is 81.0 Å². The molecule has 1 saturated heterocycles. The number of carbonyl (C=O) groups excluding carboxylic acids is 2. The van der Waals surface area contributed by atoms with Crippen molar-refractivity contribution >= 4 is 29.0 Å². The summed E-state index contributed by atoms with van der Waals surface area (Å²) in [7, 11) is 3.98. The lowest BCUT2D eigenvalue weighted by molar-refractivity contribution is -0.116. The van der Waals surface area contributed by atoms with Crippen molar-refractivity contribution in [2.75, 3.05) is 44.4 Å². The van der Waals surface area contributed by atoms with Gasteiger partial charge in [0.1, 0.15) is 5.69 Å². The minimum atomic E-state index is -0.0288. The van der Waals surface area contributed by atoms with E-state index in [-0.39, 0.29) is 17.9 Å². The van der Waals surface area contributed by atoms with Crippen LogP contribution in [0.5, 0.6) is 0 Å². The Hall–Kier alpha value is -5.09. The molecule has 1 aliphatic rings. The van der Waals surface area contributed by atoms with Gasteiger partial charge in [-0.3, -0.25) is 9.59 Å². The molecule has 0 radical (unpaired) electrons. The number of benzene rings is 2. The van der Waals surface area contributed by atoms with Crippen LogP contribution in [-0.2, 0) is 4.79 Å². The van der Waals surface area contributed by atoms with Crippen molar-refractivity contribution in [1.82, 2.24) is 29.4 Å². The first-order valence-electron chi connectivity index (χ1n) is 15.4. The third-order valence-corrected chi connectivity index (χ3v) is 7.97. The van der Waals surface area contributed by atoms with E-state index >= 15 is 0 Å². The second kappa shape index (κ2) is 13.7. The van der Waals surface area contributed by atoms with E-state index in [1.54, 1.807) is 30.5 Å². The second-order valence-corrected chi connectivity index (χ2v) is 11.7. The summed E-state index contributed by atoms with van der Waals surface area (Å²) in [5.41, 5.74) is 5.85. The number of likely N-dealkylation sites (tertiary alicyclic amines) is 1. The zero-order chi connectivity index (χ0) is 31.2. The van der Waals surface area contributed by atoms with Gasteiger partial charge in [0.2, 0.25) is 11.9 Å². The molecule has 0 saturated carbocycles. The van der Waals surface area contributed by atoms with Crippen LogP contribution in [0.3, 0.4) is 0 Å². The third kappa shape index (κ3) is 7.18. The molecule has 1 aliphatic heterocycles. The quantitative estimate of drug-likeness (QED) is 0.219. The number of nitrogens with zero attached hydrogens (tertiary/aromatic N) is 6. The molecule has 5 aromatic rings. The maximum Gasteiger partial charge on any atom is 0.253 e. The van der Waals surface area contributed by atoms with Crippen molar-refractivity contribution < 1.29 is 9.59 Å². The Balaban J connectivity index is 1.13. The molecule has 0 spiro atoms. The van der Waals surface area contributed by atoms with E-state index in [4.69, 9.17) is 10.1 Å². The Bertz CT molecular complexity index is 1770. The minimum absolute atomic E-state index is 0.0103. The molecule has 0 bridgehead atoms. The van der Waals surface area contributed by atoms with Gasteiger partial charge in [0.05, 0.1) is 16.8 Å². The van der Waals surface area contributed by atoms with Gasteiger partial charge < -0.3 is 20.4 Å². The second-order valence-electron chi connectivity index (χ2n) is 11.7. The van der Waals surface area contributed by atoms with Crippen LogP contribution < -0.4 is 10.6 Å². The summed E-state index contributed by atoms with van der Waals surface area (Å²) in [4.78, 5) is 39.0. The highest BCUT2D eigenvalue weighted by Gasteiger charge is 2.26. The highest BCUT2D eigenvalue weighted by atomic mass is 16.2. The van der Waals surface area contributed by atoms with Gasteiger partial charge in [-0.05, 0) is 82.4 Å². The van der Waals surface area contributed by atoms with Crippen LogP contribution in [0.15, 0.2) is 91.3 Å². The van der Waals surface area contributed by atoms with Gasteiger partial charge in [0.15, 0.2) is 0 Å². The summed E-state index contributed by atoms with van der Waals surface area (Å²) in [5.74, 6) is 0.468. The SMILES string of the molecule is CN(C)CCCC(=O)Nc1ccc(C(=O)N2CCC[C@@H](Nc3nccc(-c4c(-c5ccccc5)nn5ccccc45)n3)C2)cc1. The number of anilines is 2. The highest BCUT2D eigenvalue weighted by molar-refractivity contribution is 5.96. The molecule has 10 heteroatoms. The molecule has 6 rings (SSSR count). The minimum Gasteiger partial charge on any atom is -0.350 e. The first kappa shape index (κ1) is 30.0. The normalized spacial score (nSPS) is 14.9. The van der Waals surface area contributed by atoms with Crippen molar-refractivity contribution in [3.05, 3.63) is 96.8 Å². The molecule has 0 unspecified atom stereocenters. The number of hydrogen-bond acceptors (Lipinski definition) is 7. The average Bonchev–Trinajstić information content (AvgIpc) is 3.45. The Morgan fingerprint density at radius 2 is 1.78 bits per heavy atom. The van der Waals surface area contributed by atoms with Crippen molar-refractivity contribution in [3.8, 4) is 22.5 Å². The summed E-state index contributed by atoms with van der Waals surface area (Å²) in [5, 5.41) is 11.3. The van der Waals surface area contributed by atoms with Gasteiger partial charge in [-0.1, -0.05) is 36.4 Å². The standard InChI is InChI=1S/C35H38N8O2/c1-41(2)21-9-14-31(44)37-27-17-15-26(16-18-27)34(45)42-22-8-12-28(24-42)38-35-36-20-19-29(39-35)32-30-13-6-7-23-43(30)40-33(32)25-10-4-3-5-11-25/h3-7,10-11,13,15-20,23,28H,8-9,12,14,21-22,24H2,1-2H3,(H,37,44)(H,36,38,39)/t28-/m1/s1. The zero-order valence-corrected chi connectivity index (χ0v) is 25.7. The lowest BCUT2D eigenvalue weighted by atomic mass is 10.0. The fourth-order valence-electron chi connectivity index (χ4n) is 5.74. The Morgan fingerprint density at radius 3 is 2.58 bits per heavy atom. The van der Waals surface area contributed by atoms with E-state index < -0.39 is 0 Å². The first-order valence-corrected chi connectivity index (χ1v) is 15.4. The Labute approximate surface area is 263 Å². The van der Waals surface area contributed by atoms with Crippen LogP contribution >= 0.6 is 0 Å². The molecule has 4 heterocycles. The lowest BCUT2D eigenvalue weighted by Gasteiger charge is -2.33. The number of amides is 2. The summed E-state index contributed by atoms with van der Waals surface area (Å²) in [6.07, 6.45) is 6.74. The van der Waals surface area contributed by atoms with Crippen molar-refractivity contribution in [1.29, 1.82) is 0 Å². The summed E-state index contributed by atoms with van der Waals surface area (Å²) >= 11 is 0. The molecule has 10 nitrogen and oxygen atoms in total. The summed E-state index contributed by atoms with van der Waals surface area (Å²) < 4.78 is 1.88. The van der Waals surface area contributed by atoms with Crippen LogP contribution in [0.25, 0.3) is 28.0 Å². The molecule has 3 aromatic heterocycles. The van der Waals surface area contributed by atoms with Gasteiger partial charge in [-0.25, -0.2) is 14.5 Å². The number of nitrogens with one attached hydrogen (secondary N) is 2. The largest absolute Gasteiger partial charge is 0.350 e. The molecule has 2 aromatic carbocycles. The fraction of sp³-hybridized carbons (Fsp3) is 0.286. The molecule has 2 amide bonds. The summed E-state index contributed by atoms with van der Waals surface area (Å²) in [6, 6.07) is 25.2. The number of piperidine rings is 1. The number of pyridine rings is 1. The van der Waals surface area contributed by atoms with E-state index in [0.29, 0.717) is 36.7 Å². The van der Waals surface area contributed by atoms with Crippen molar-refractivity contribution in [3.63, 3.8) is 0 Å². The van der Waals surface area contributed by atoms with Crippen LogP contribution in [0, 0.1) is 0 Å². The monoisotopic (exact) mass is 602 g/mol. The number of fused-ring (bicyclic) bond motifs is 1. The van der Waals surface area contributed by atoms with E-state index in [0.717, 1.165) is 53.8 Å². The zero-order valence-electron chi connectivity index (χ0n) is 25.7. The molecular formula is C35H38N8O2. The fourth-order valence-corrected chi connectivity index (χ4v) is 5.74. The van der Waals surface area contributed by atoms with Crippen LogP contribution in [0.1, 0.15) is 36.0 Å². The van der Waals surface area contributed by atoms with Gasteiger partial charge in [0.25, 0.3) is 5.91 Å². The van der Waals surface area contributed by atoms with E-state index in [2.05, 4.69) is 32.7 Å². The Morgan fingerprint density at radius 1 is 0.978 bits per heavy atom.